The molecule has 1 amide bonds. The fourth-order valence-corrected chi connectivity index (χ4v) is 2.26. The van der Waals surface area contributed by atoms with Crippen molar-refractivity contribution in [3.05, 3.63) is 0 Å². The normalized spacial score (nSPS) is 33.4. The second kappa shape index (κ2) is 3.52. The van der Waals surface area contributed by atoms with E-state index in [0.29, 0.717) is 0 Å². The van der Waals surface area contributed by atoms with E-state index in [4.69, 9.17) is 15.9 Å². The highest BCUT2D eigenvalue weighted by Crippen LogP contribution is 2.61. The van der Waals surface area contributed by atoms with Crippen molar-refractivity contribution in [1.29, 1.82) is 0 Å². The molecule has 1 rings (SSSR count). The Morgan fingerprint density at radius 3 is 2.13 bits per heavy atom. The summed E-state index contributed by atoms with van der Waals surface area (Å²) in [5, 5.41) is 17.5. The Morgan fingerprint density at radius 2 is 1.87 bits per heavy atom. The molecule has 3 unspecified atom stereocenters. The molecule has 6 heteroatoms. The van der Waals surface area contributed by atoms with E-state index in [1.54, 1.807) is 6.92 Å². The molecule has 1 saturated carbocycles. The molecule has 1 aliphatic rings. The molecule has 0 saturated heterocycles. The fraction of sp³-hybridized carbons (Fsp3) is 0.667. The van der Waals surface area contributed by atoms with Gasteiger partial charge in [0.15, 0.2) is 0 Å². The number of hydrogen-bond donors (Lipinski definition) is 3. The van der Waals surface area contributed by atoms with E-state index in [-0.39, 0.29) is 18.8 Å². The van der Waals surface area contributed by atoms with Crippen molar-refractivity contribution < 1.29 is 24.6 Å². The van der Waals surface area contributed by atoms with Gasteiger partial charge in [-0.1, -0.05) is 6.92 Å². The quantitative estimate of drug-likeness (QED) is 0.580. The molecule has 0 bridgehead atoms. The van der Waals surface area contributed by atoms with Crippen LogP contribution in [0.15, 0.2) is 0 Å². The maximum Gasteiger partial charge on any atom is 0.310 e. The molecule has 1 aliphatic carbocycles. The van der Waals surface area contributed by atoms with Gasteiger partial charge in [0.25, 0.3) is 0 Å². The summed E-state index contributed by atoms with van der Waals surface area (Å²) < 4.78 is 0. The number of carboxylic acids is 2. The van der Waals surface area contributed by atoms with Crippen molar-refractivity contribution in [3.8, 4) is 0 Å². The van der Waals surface area contributed by atoms with Crippen LogP contribution in [0.3, 0.4) is 0 Å². The number of carbonyl (C=O) groups is 3. The Bertz CT molecular complexity index is 326. The Kier molecular flexibility index (Phi) is 2.70. The van der Waals surface area contributed by atoms with E-state index in [0.717, 1.165) is 0 Å². The van der Waals surface area contributed by atoms with Crippen LogP contribution in [0.1, 0.15) is 19.8 Å². The van der Waals surface area contributed by atoms with Crippen LogP contribution in [0.4, 0.5) is 0 Å². The van der Waals surface area contributed by atoms with Crippen LogP contribution in [-0.2, 0) is 14.4 Å². The van der Waals surface area contributed by atoms with Crippen molar-refractivity contribution in [3.63, 3.8) is 0 Å². The monoisotopic (exact) mass is 215 g/mol. The maximum absolute atomic E-state index is 11.0. The number of carbonyl (C=O) groups excluding carboxylic acids is 1. The summed E-state index contributed by atoms with van der Waals surface area (Å²) in [5.41, 5.74) is 3.80. The number of aliphatic carboxylic acids is 2. The van der Waals surface area contributed by atoms with Crippen LogP contribution in [0.2, 0.25) is 0 Å². The molecule has 6 nitrogen and oxygen atoms in total. The van der Waals surface area contributed by atoms with Gasteiger partial charge in [-0.2, -0.15) is 0 Å². The smallest absolute Gasteiger partial charge is 0.310 e. The van der Waals surface area contributed by atoms with Gasteiger partial charge in [-0.25, -0.2) is 0 Å². The van der Waals surface area contributed by atoms with Crippen molar-refractivity contribution in [2.24, 2.45) is 23.0 Å². The van der Waals surface area contributed by atoms with E-state index in [2.05, 4.69) is 0 Å². The standard InChI is InChI=1S/C9H13NO5/c1-4-6(7(10)13)9(4,8(14)15)3-2-5(11)12/h4,6H,2-3H2,1H3,(H2,10,13)(H,11,12)(H,14,15). The average molecular weight is 215 g/mol. The van der Waals surface area contributed by atoms with Crippen LogP contribution in [0.25, 0.3) is 0 Å². The summed E-state index contributed by atoms with van der Waals surface area (Å²) in [6.45, 7) is 1.60. The van der Waals surface area contributed by atoms with Crippen molar-refractivity contribution in [2.75, 3.05) is 0 Å². The van der Waals surface area contributed by atoms with Crippen LogP contribution in [-0.4, -0.2) is 28.1 Å². The molecule has 0 heterocycles. The molecule has 4 N–H and O–H groups in total. The van der Waals surface area contributed by atoms with Crippen molar-refractivity contribution in [2.45, 2.75) is 19.8 Å². The summed E-state index contributed by atoms with van der Waals surface area (Å²) in [6.07, 6.45) is -0.313. The first-order chi connectivity index (χ1) is 6.84. The van der Waals surface area contributed by atoms with E-state index in [1.807, 2.05) is 0 Å². The second-order valence-electron chi connectivity index (χ2n) is 3.91. The molecular formula is C9H13NO5. The topological polar surface area (TPSA) is 118 Å². The van der Waals surface area contributed by atoms with E-state index < -0.39 is 29.2 Å². The predicted octanol–water partition coefficient (Wildman–Crippen LogP) is -0.327. The highest BCUT2D eigenvalue weighted by molar-refractivity contribution is 5.93. The van der Waals surface area contributed by atoms with Gasteiger partial charge in [-0.05, 0) is 12.3 Å². The van der Waals surface area contributed by atoms with E-state index >= 15 is 0 Å². The SMILES string of the molecule is CC1C(C(N)=O)C1(CCC(=O)O)C(=O)O. The van der Waals surface area contributed by atoms with Gasteiger partial charge in [-0.3, -0.25) is 14.4 Å². The lowest BCUT2D eigenvalue weighted by molar-refractivity contribution is -0.147. The third-order valence-electron chi connectivity index (χ3n) is 3.22. The van der Waals surface area contributed by atoms with Crippen LogP contribution >= 0.6 is 0 Å². The Labute approximate surface area is 86.1 Å². The molecule has 0 aliphatic heterocycles. The lowest BCUT2D eigenvalue weighted by Gasteiger charge is -2.09. The van der Waals surface area contributed by atoms with Gasteiger partial charge in [0.2, 0.25) is 5.91 Å². The summed E-state index contributed by atoms with van der Waals surface area (Å²) in [7, 11) is 0. The lowest BCUT2D eigenvalue weighted by Crippen LogP contribution is -2.25. The Balaban J connectivity index is 2.80. The summed E-state index contributed by atoms with van der Waals surface area (Å²) >= 11 is 0. The van der Waals surface area contributed by atoms with Crippen LogP contribution in [0.5, 0.6) is 0 Å². The van der Waals surface area contributed by atoms with Gasteiger partial charge in [0.05, 0.1) is 11.3 Å². The zero-order chi connectivity index (χ0) is 11.8. The number of nitrogens with two attached hydrogens (primary N) is 1. The first-order valence-corrected chi connectivity index (χ1v) is 4.58. The van der Waals surface area contributed by atoms with Crippen molar-refractivity contribution in [1.82, 2.24) is 0 Å². The van der Waals surface area contributed by atoms with Gasteiger partial charge in [0, 0.05) is 6.42 Å². The molecule has 15 heavy (non-hydrogen) atoms. The van der Waals surface area contributed by atoms with E-state index in [1.165, 1.54) is 0 Å². The fourth-order valence-electron chi connectivity index (χ4n) is 2.26. The molecule has 0 aromatic carbocycles. The largest absolute Gasteiger partial charge is 0.481 e. The minimum absolute atomic E-state index is 0.0492. The highest BCUT2D eigenvalue weighted by Gasteiger charge is 2.69. The first-order valence-electron chi connectivity index (χ1n) is 4.58. The molecule has 84 valence electrons. The van der Waals surface area contributed by atoms with Crippen LogP contribution < -0.4 is 5.73 Å². The zero-order valence-corrected chi connectivity index (χ0v) is 8.27. The minimum atomic E-state index is -1.26. The average Bonchev–Trinajstić information content (AvgIpc) is 2.69. The molecule has 0 spiro atoms. The summed E-state index contributed by atoms with van der Waals surface area (Å²) in [6, 6.07) is 0. The molecule has 1 fully saturated rings. The van der Waals surface area contributed by atoms with Crippen LogP contribution in [0, 0.1) is 17.3 Å². The van der Waals surface area contributed by atoms with E-state index in [9.17, 15) is 14.4 Å². The highest BCUT2D eigenvalue weighted by atomic mass is 16.4. The minimum Gasteiger partial charge on any atom is -0.481 e. The van der Waals surface area contributed by atoms with Crippen molar-refractivity contribution >= 4 is 17.8 Å². The number of primary amides is 1. The first kappa shape index (κ1) is 11.5. The summed E-state index contributed by atoms with van der Waals surface area (Å²) in [4.78, 5) is 32.3. The molecule has 0 radical (unpaired) electrons. The second-order valence-corrected chi connectivity index (χ2v) is 3.91. The Hall–Kier alpha value is -1.59. The molecular weight excluding hydrogens is 202 g/mol. The number of rotatable bonds is 5. The number of amides is 1. The van der Waals surface area contributed by atoms with Gasteiger partial charge in [-0.15, -0.1) is 0 Å². The molecule has 0 aromatic rings. The Morgan fingerprint density at radius 1 is 1.33 bits per heavy atom. The predicted molar refractivity (Wildman–Crippen MR) is 48.8 cm³/mol. The lowest BCUT2D eigenvalue weighted by atomic mass is 9.95. The number of hydrogen-bond acceptors (Lipinski definition) is 3. The van der Waals surface area contributed by atoms with Gasteiger partial charge in [0.1, 0.15) is 0 Å². The number of carboxylic acid groups (broad SMARTS) is 2. The van der Waals surface area contributed by atoms with Gasteiger partial charge < -0.3 is 15.9 Å². The molecule has 3 atom stereocenters. The third kappa shape index (κ3) is 1.67. The zero-order valence-electron chi connectivity index (χ0n) is 8.27. The molecule has 0 aromatic heterocycles. The summed E-state index contributed by atoms with van der Waals surface area (Å²) in [5.74, 6) is -4.01. The maximum atomic E-state index is 11.0. The third-order valence-corrected chi connectivity index (χ3v) is 3.22. The van der Waals surface area contributed by atoms with Gasteiger partial charge >= 0.3 is 11.9 Å².